The van der Waals surface area contributed by atoms with Crippen LogP contribution in [-0.2, 0) is 23.2 Å². The van der Waals surface area contributed by atoms with Crippen molar-refractivity contribution >= 4 is 34.7 Å². The third kappa shape index (κ3) is 4.70. The first-order valence-corrected chi connectivity index (χ1v) is 11.6. The summed E-state index contributed by atoms with van der Waals surface area (Å²) >= 11 is 1.76. The molecule has 3 heterocycles. The Balaban J connectivity index is 1.39. The van der Waals surface area contributed by atoms with E-state index in [0.717, 1.165) is 29.9 Å². The monoisotopic (exact) mass is 452 g/mol. The number of hydrogen-bond acceptors (Lipinski definition) is 6. The number of rotatable bonds is 5. The molecule has 4 rings (SSSR count). The molecule has 168 valence electrons. The highest BCUT2D eigenvalue weighted by Crippen LogP contribution is 2.27. The van der Waals surface area contributed by atoms with Crippen LogP contribution in [0.15, 0.2) is 40.2 Å². The van der Waals surface area contributed by atoms with E-state index in [4.69, 9.17) is 4.52 Å². The van der Waals surface area contributed by atoms with Crippen LogP contribution in [0.3, 0.4) is 0 Å². The lowest BCUT2D eigenvalue weighted by atomic mass is 9.92. The Morgan fingerprint density at radius 2 is 2.06 bits per heavy atom. The van der Waals surface area contributed by atoms with Gasteiger partial charge < -0.3 is 14.7 Å². The standard InChI is InChI=1S/C24H28N4O3S/c1-15-17(23(30)28-10-8-19-16(14-28)9-11-32-19)6-5-7-18(15)25-13-21(29)26-22-12-20(27-31-22)24(2,3)4/h5-7,9,11-12,25H,8,10,13-14H2,1-4H3,(H,26,29). The van der Waals surface area contributed by atoms with E-state index in [1.807, 2.05) is 50.8 Å². The quantitative estimate of drug-likeness (QED) is 0.591. The van der Waals surface area contributed by atoms with Crippen molar-refractivity contribution in [1.29, 1.82) is 0 Å². The number of thiophene rings is 1. The predicted molar refractivity (Wildman–Crippen MR) is 126 cm³/mol. The summed E-state index contributed by atoms with van der Waals surface area (Å²) in [4.78, 5) is 28.8. The van der Waals surface area contributed by atoms with Crippen LogP contribution in [0.5, 0.6) is 0 Å². The minimum atomic E-state index is -0.251. The molecule has 0 bridgehead atoms. The molecule has 1 aliphatic heterocycles. The van der Waals surface area contributed by atoms with Gasteiger partial charge in [-0.3, -0.25) is 14.9 Å². The number of aromatic nitrogens is 1. The molecule has 0 unspecified atom stereocenters. The molecule has 32 heavy (non-hydrogen) atoms. The summed E-state index contributed by atoms with van der Waals surface area (Å²) in [6.07, 6.45) is 0.897. The Morgan fingerprint density at radius 3 is 2.81 bits per heavy atom. The smallest absolute Gasteiger partial charge is 0.254 e. The summed E-state index contributed by atoms with van der Waals surface area (Å²) < 4.78 is 5.22. The number of fused-ring (bicyclic) bond motifs is 1. The van der Waals surface area contributed by atoms with Crippen LogP contribution >= 0.6 is 11.3 Å². The van der Waals surface area contributed by atoms with Crippen LogP contribution < -0.4 is 10.6 Å². The number of carbonyl (C=O) groups is 2. The highest BCUT2D eigenvalue weighted by atomic mass is 32.1. The van der Waals surface area contributed by atoms with Crippen LogP contribution in [0.4, 0.5) is 11.6 Å². The van der Waals surface area contributed by atoms with Gasteiger partial charge in [-0.15, -0.1) is 11.3 Å². The van der Waals surface area contributed by atoms with Gasteiger partial charge in [0.2, 0.25) is 11.8 Å². The van der Waals surface area contributed by atoms with Gasteiger partial charge in [0, 0.05) is 40.7 Å². The topological polar surface area (TPSA) is 87.5 Å². The minimum Gasteiger partial charge on any atom is -0.376 e. The number of hydrogen-bond donors (Lipinski definition) is 2. The van der Waals surface area contributed by atoms with Crippen LogP contribution in [0.25, 0.3) is 0 Å². The Bertz CT molecular complexity index is 1140. The molecule has 1 aliphatic rings. The van der Waals surface area contributed by atoms with Crippen molar-refractivity contribution in [2.45, 2.75) is 46.1 Å². The normalized spacial score (nSPS) is 13.6. The Morgan fingerprint density at radius 1 is 1.25 bits per heavy atom. The van der Waals surface area contributed by atoms with Crippen LogP contribution in [0.2, 0.25) is 0 Å². The third-order valence-electron chi connectivity index (χ3n) is 5.64. The van der Waals surface area contributed by atoms with Gasteiger partial charge in [0.1, 0.15) is 0 Å². The molecule has 0 radical (unpaired) electrons. The molecule has 1 aromatic carbocycles. The van der Waals surface area contributed by atoms with E-state index in [1.54, 1.807) is 17.4 Å². The van der Waals surface area contributed by atoms with Crippen molar-refractivity contribution in [1.82, 2.24) is 10.1 Å². The van der Waals surface area contributed by atoms with Crippen molar-refractivity contribution in [2.75, 3.05) is 23.7 Å². The highest BCUT2D eigenvalue weighted by Gasteiger charge is 2.24. The van der Waals surface area contributed by atoms with Crippen molar-refractivity contribution in [3.05, 3.63) is 63.0 Å². The lowest BCUT2D eigenvalue weighted by molar-refractivity contribution is -0.114. The summed E-state index contributed by atoms with van der Waals surface area (Å²) in [5, 5.41) is 11.9. The zero-order valence-electron chi connectivity index (χ0n) is 18.8. The number of nitrogens with zero attached hydrogens (tertiary/aromatic N) is 2. The predicted octanol–water partition coefficient (Wildman–Crippen LogP) is 4.59. The van der Waals surface area contributed by atoms with Gasteiger partial charge in [-0.25, -0.2) is 0 Å². The van der Waals surface area contributed by atoms with Gasteiger partial charge in [0.15, 0.2) is 0 Å². The molecule has 0 fully saturated rings. The molecule has 7 nitrogen and oxygen atoms in total. The maximum absolute atomic E-state index is 13.2. The molecule has 0 saturated carbocycles. The SMILES string of the molecule is Cc1c(NCC(=O)Nc2cc(C(C)(C)C)no2)cccc1C(=O)N1CCc2sccc2C1. The average molecular weight is 453 g/mol. The molecule has 2 N–H and O–H groups in total. The zero-order valence-corrected chi connectivity index (χ0v) is 19.6. The van der Waals surface area contributed by atoms with E-state index >= 15 is 0 Å². The number of carbonyl (C=O) groups excluding carboxylic acids is 2. The third-order valence-corrected chi connectivity index (χ3v) is 6.66. The average Bonchev–Trinajstić information content (AvgIpc) is 3.41. The summed E-state index contributed by atoms with van der Waals surface area (Å²) in [5.41, 5.74) is 4.09. The van der Waals surface area contributed by atoms with Crippen LogP contribution in [0.1, 0.15) is 52.8 Å². The van der Waals surface area contributed by atoms with Gasteiger partial charge >= 0.3 is 0 Å². The summed E-state index contributed by atoms with van der Waals surface area (Å²) in [6.45, 7) is 9.39. The zero-order chi connectivity index (χ0) is 22.9. The lowest BCUT2D eigenvalue weighted by Gasteiger charge is -2.28. The van der Waals surface area contributed by atoms with Gasteiger partial charge in [0.25, 0.3) is 5.91 Å². The Kier molecular flexibility index (Phi) is 6.06. The summed E-state index contributed by atoms with van der Waals surface area (Å²) in [5.74, 6) is 0.0860. The summed E-state index contributed by atoms with van der Waals surface area (Å²) in [6, 6.07) is 9.39. The molecule has 3 aromatic rings. The van der Waals surface area contributed by atoms with E-state index in [2.05, 4.69) is 27.2 Å². The molecule has 0 spiro atoms. The first-order chi connectivity index (χ1) is 15.2. The fourth-order valence-electron chi connectivity index (χ4n) is 3.70. The second kappa shape index (κ2) is 8.78. The number of benzene rings is 1. The number of anilines is 2. The van der Waals surface area contributed by atoms with E-state index < -0.39 is 0 Å². The van der Waals surface area contributed by atoms with E-state index in [1.165, 1.54) is 10.4 Å². The first-order valence-electron chi connectivity index (χ1n) is 10.7. The van der Waals surface area contributed by atoms with E-state index in [0.29, 0.717) is 18.0 Å². The molecule has 0 saturated heterocycles. The van der Waals surface area contributed by atoms with E-state index in [9.17, 15) is 9.59 Å². The van der Waals surface area contributed by atoms with Gasteiger partial charge in [0.05, 0.1) is 12.2 Å². The van der Waals surface area contributed by atoms with Crippen LogP contribution in [0, 0.1) is 6.92 Å². The summed E-state index contributed by atoms with van der Waals surface area (Å²) in [7, 11) is 0. The Hall–Kier alpha value is -3.13. The van der Waals surface area contributed by atoms with Crippen molar-refractivity contribution in [3.8, 4) is 0 Å². The van der Waals surface area contributed by atoms with Gasteiger partial charge in [-0.1, -0.05) is 32.0 Å². The second-order valence-electron chi connectivity index (χ2n) is 9.05. The Labute approximate surface area is 191 Å². The largest absolute Gasteiger partial charge is 0.376 e. The molecular weight excluding hydrogens is 424 g/mol. The van der Waals surface area contributed by atoms with E-state index in [-0.39, 0.29) is 23.8 Å². The second-order valence-corrected chi connectivity index (χ2v) is 10.1. The van der Waals surface area contributed by atoms with Crippen molar-refractivity contribution in [2.24, 2.45) is 0 Å². The first kappa shape index (κ1) is 22.1. The highest BCUT2D eigenvalue weighted by molar-refractivity contribution is 7.10. The lowest BCUT2D eigenvalue weighted by Crippen LogP contribution is -2.35. The molecule has 0 aliphatic carbocycles. The van der Waals surface area contributed by atoms with Gasteiger partial charge in [-0.2, -0.15) is 0 Å². The number of amides is 2. The molecule has 2 amide bonds. The van der Waals surface area contributed by atoms with Crippen LogP contribution in [-0.4, -0.2) is 35.0 Å². The molecule has 0 atom stereocenters. The van der Waals surface area contributed by atoms with Crippen molar-refractivity contribution < 1.29 is 14.1 Å². The minimum absolute atomic E-state index is 0.0174. The molecule has 8 heteroatoms. The fraction of sp³-hybridized carbons (Fsp3) is 0.375. The molecular formula is C24H28N4O3S. The fourth-order valence-corrected chi connectivity index (χ4v) is 4.59. The molecule has 2 aromatic heterocycles. The van der Waals surface area contributed by atoms with Crippen molar-refractivity contribution in [3.63, 3.8) is 0 Å². The maximum atomic E-state index is 13.2. The maximum Gasteiger partial charge on any atom is 0.254 e. The van der Waals surface area contributed by atoms with Gasteiger partial charge in [-0.05, 0) is 48.1 Å². The number of nitrogens with one attached hydrogen (secondary N) is 2.